The lowest BCUT2D eigenvalue weighted by Gasteiger charge is -2.41. The van der Waals surface area contributed by atoms with Crippen LogP contribution in [0.25, 0.3) is 0 Å². The molecule has 1 aromatic heterocycles. The van der Waals surface area contributed by atoms with Gasteiger partial charge in [0.15, 0.2) is 5.82 Å². The number of amides is 1. The number of piperidine rings is 1. The number of fused-ring (bicyclic) bond motifs is 1. The third-order valence-corrected chi connectivity index (χ3v) is 5.93. The fraction of sp³-hybridized carbons (Fsp3) is 0.824. The van der Waals surface area contributed by atoms with Crippen molar-refractivity contribution in [3.8, 4) is 0 Å². The van der Waals surface area contributed by atoms with Gasteiger partial charge in [0.25, 0.3) is 0 Å². The molecule has 1 saturated heterocycles. The van der Waals surface area contributed by atoms with Gasteiger partial charge in [-0.25, -0.2) is 9.67 Å². The highest BCUT2D eigenvalue weighted by atomic mass is 16.2. The van der Waals surface area contributed by atoms with Crippen molar-refractivity contribution in [3.05, 3.63) is 11.6 Å². The van der Waals surface area contributed by atoms with Crippen LogP contribution in [0.2, 0.25) is 0 Å². The zero-order valence-corrected chi connectivity index (χ0v) is 13.6. The highest BCUT2D eigenvalue weighted by Crippen LogP contribution is 2.39. The molecule has 3 heterocycles. The number of hydrogen-bond acceptors (Lipinski definition) is 4. The van der Waals surface area contributed by atoms with Crippen LogP contribution < -0.4 is 5.32 Å². The Morgan fingerprint density at radius 3 is 2.65 bits per heavy atom. The first-order valence-corrected chi connectivity index (χ1v) is 9.16. The van der Waals surface area contributed by atoms with E-state index in [0.717, 1.165) is 49.9 Å². The highest BCUT2D eigenvalue weighted by Gasteiger charge is 2.41. The molecule has 0 unspecified atom stereocenters. The molecule has 2 saturated carbocycles. The molecule has 1 N–H and O–H groups in total. The molecule has 3 fully saturated rings. The molecule has 2 aliphatic heterocycles. The van der Waals surface area contributed by atoms with Crippen molar-refractivity contribution in [2.45, 2.75) is 62.9 Å². The summed E-state index contributed by atoms with van der Waals surface area (Å²) in [5.41, 5.74) is -0.0980. The van der Waals surface area contributed by atoms with E-state index < -0.39 is 0 Å². The van der Waals surface area contributed by atoms with Crippen LogP contribution in [0.1, 0.15) is 56.1 Å². The molecule has 1 aromatic rings. The molecule has 0 aromatic carbocycles. The minimum absolute atomic E-state index is 0.0980. The number of nitrogens with one attached hydrogen (secondary N) is 1. The normalized spacial score (nSPS) is 27.6. The third-order valence-electron chi connectivity index (χ3n) is 5.93. The van der Waals surface area contributed by atoms with Crippen molar-refractivity contribution < 1.29 is 4.79 Å². The van der Waals surface area contributed by atoms with Crippen LogP contribution in [0.4, 0.5) is 0 Å². The molecule has 0 bridgehead atoms. The Hall–Kier alpha value is -1.43. The molecule has 6 nitrogen and oxygen atoms in total. The minimum atomic E-state index is -0.0980. The zero-order chi connectivity index (χ0) is 15.4. The van der Waals surface area contributed by atoms with Crippen molar-refractivity contribution in [1.29, 1.82) is 0 Å². The van der Waals surface area contributed by atoms with Crippen LogP contribution in [-0.2, 0) is 17.8 Å². The standard InChI is InChI=1S/C17H25N5O/c23-15-11-22-14(18-16(20-22)13-3-4-13)9-17(19-15)5-7-21(8-6-17)10-12-1-2-12/h12-13H,1-11H2,(H,19,23). The van der Waals surface area contributed by atoms with E-state index in [1.54, 1.807) is 0 Å². The summed E-state index contributed by atoms with van der Waals surface area (Å²) in [6.45, 7) is 3.79. The topological polar surface area (TPSA) is 63.1 Å². The van der Waals surface area contributed by atoms with E-state index in [-0.39, 0.29) is 11.4 Å². The van der Waals surface area contributed by atoms with Gasteiger partial charge in [-0.1, -0.05) is 0 Å². The summed E-state index contributed by atoms with van der Waals surface area (Å²) in [7, 11) is 0. The summed E-state index contributed by atoms with van der Waals surface area (Å²) < 4.78 is 1.86. The summed E-state index contributed by atoms with van der Waals surface area (Å²) in [4.78, 5) is 19.7. The summed E-state index contributed by atoms with van der Waals surface area (Å²) in [6.07, 6.45) is 8.15. The fourth-order valence-electron chi connectivity index (χ4n) is 4.11. The first kappa shape index (κ1) is 14.0. The highest BCUT2D eigenvalue weighted by molar-refractivity contribution is 5.77. The average Bonchev–Trinajstić information content (AvgIpc) is 3.42. The quantitative estimate of drug-likeness (QED) is 0.906. The number of aromatic nitrogens is 3. The Bertz CT molecular complexity index is 623. The SMILES string of the molecule is O=C1Cn2nc(C3CC3)nc2CC2(CCN(CC3CC3)CC2)N1. The average molecular weight is 315 g/mol. The van der Waals surface area contributed by atoms with Crippen molar-refractivity contribution in [3.63, 3.8) is 0 Å². The monoisotopic (exact) mass is 315 g/mol. The van der Waals surface area contributed by atoms with Crippen LogP contribution in [0.5, 0.6) is 0 Å². The molecule has 4 aliphatic rings. The number of carbonyl (C=O) groups excluding carboxylic acids is 1. The van der Waals surface area contributed by atoms with Gasteiger partial charge in [0.05, 0.1) is 0 Å². The number of rotatable bonds is 3. The first-order valence-electron chi connectivity index (χ1n) is 9.16. The van der Waals surface area contributed by atoms with E-state index in [1.807, 2.05) is 4.68 Å². The third kappa shape index (κ3) is 2.77. The molecule has 23 heavy (non-hydrogen) atoms. The molecule has 124 valence electrons. The maximum absolute atomic E-state index is 12.4. The molecule has 6 heteroatoms. The molecule has 2 aliphatic carbocycles. The molecule has 0 atom stereocenters. The second-order valence-electron chi connectivity index (χ2n) is 8.07. The Morgan fingerprint density at radius 1 is 1.17 bits per heavy atom. The first-order chi connectivity index (χ1) is 11.2. The Morgan fingerprint density at radius 2 is 1.96 bits per heavy atom. The lowest BCUT2D eigenvalue weighted by atomic mass is 9.84. The molecule has 1 spiro atoms. The number of likely N-dealkylation sites (tertiary alicyclic amines) is 1. The van der Waals surface area contributed by atoms with Crippen LogP contribution >= 0.6 is 0 Å². The maximum Gasteiger partial charge on any atom is 0.242 e. The van der Waals surface area contributed by atoms with Gasteiger partial charge in [-0.05, 0) is 44.4 Å². The van der Waals surface area contributed by atoms with Crippen molar-refractivity contribution in [2.24, 2.45) is 5.92 Å². The summed E-state index contributed by atoms with van der Waals surface area (Å²) in [6, 6.07) is 0. The van der Waals surface area contributed by atoms with Gasteiger partial charge < -0.3 is 10.2 Å². The van der Waals surface area contributed by atoms with E-state index in [4.69, 9.17) is 4.98 Å². The summed E-state index contributed by atoms with van der Waals surface area (Å²) in [5, 5.41) is 7.91. The van der Waals surface area contributed by atoms with Crippen molar-refractivity contribution >= 4 is 5.91 Å². The van der Waals surface area contributed by atoms with Gasteiger partial charge in [0.1, 0.15) is 12.4 Å². The largest absolute Gasteiger partial charge is 0.349 e. The number of carbonyl (C=O) groups is 1. The van der Waals surface area contributed by atoms with Gasteiger partial charge in [-0.2, -0.15) is 5.10 Å². The van der Waals surface area contributed by atoms with E-state index in [9.17, 15) is 4.79 Å². The second-order valence-corrected chi connectivity index (χ2v) is 8.07. The van der Waals surface area contributed by atoms with Gasteiger partial charge in [0.2, 0.25) is 5.91 Å². The fourth-order valence-corrected chi connectivity index (χ4v) is 4.11. The number of hydrogen-bond donors (Lipinski definition) is 1. The van der Waals surface area contributed by atoms with E-state index in [2.05, 4.69) is 15.3 Å². The van der Waals surface area contributed by atoms with Crippen molar-refractivity contribution in [1.82, 2.24) is 25.0 Å². The van der Waals surface area contributed by atoms with Gasteiger partial charge >= 0.3 is 0 Å². The van der Waals surface area contributed by atoms with E-state index in [0.29, 0.717) is 12.5 Å². The number of nitrogens with zero attached hydrogens (tertiary/aromatic N) is 4. The Balaban J connectivity index is 1.34. The predicted octanol–water partition coefficient (Wildman–Crippen LogP) is 1.07. The Kier molecular flexibility index (Phi) is 3.05. The van der Waals surface area contributed by atoms with E-state index >= 15 is 0 Å². The zero-order valence-electron chi connectivity index (χ0n) is 13.6. The minimum Gasteiger partial charge on any atom is -0.349 e. The van der Waals surface area contributed by atoms with Gasteiger partial charge in [-0.3, -0.25) is 4.79 Å². The molecule has 1 amide bonds. The van der Waals surface area contributed by atoms with Crippen LogP contribution in [0.3, 0.4) is 0 Å². The van der Waals surface area contributed by atoms with Crippen LogP contribution in [0, 0.1) is 5.92 Å². The molecule has 0 radical (unpaired) electrons. The van der Waals surface area contributed by atoms with E-state index in [1.165, 1.54) is 32.2 Å². The van der Waals surface area contributed by atoms with Gasteiger partial charge in [0, 0.05) is 37.5 Å². The molecular formula is C17H25N5O. The summed E-state index contributed by atoms with van der Waals surface area (Å²) >= 11 is 0. The van der Waals surface area contributed by atoms with Crippen molar-refractivity contribution in [2.75, 3.05) is 19.6 Å². The lowest BCUT2D eigenvalue weighted by Crippen LogP contribution is -2.56. The van der Waals surface area contributed by atoms with Crippen LogP contribution in [0.15, 0.2) is 0 Å². The summed E-state index contributed by atoms with van der Waals surface area (Å²) in [5.74, 6) is 3.58. The predicted molar refractivity (Wildman–Crippen MR) is 85.0 cm³/mol. The second kappa shape index (κ2) is 5.03. The smallest absolute Gasteiger partial charge is 0.242 e. The molecule has 5 rings (SSSR count). The maximum atomic E-state index is 12.4. The van der Waals surface area contributed by atoms with Gasteiger partial charge in [-0.15, -0.1) is 0 Å². The Labute approximate surface area is 136 Å². The molecular weight excluding hydrogens is 290 g/mol. The van der Waals surface area contributed by atoms with Crippen LogP contribution in [-0.4, -0.2) is 50.7 Å². The lowest BCUT2D eigenvalue weighted by molar-refractivity contribution is -0.123.